The molecule has 0 saturated carbocycles. The molecule has 1 aromatic heterocycles. The lowest BCUT2D eigenvalue weighted by atomic mass is 10.1. The van der Waals surface area contributed by atoms with Crippen LogP contribution in [0, 0.1) is 0 Å². The number of aliphatic hydroxyl groups is 1. The summed E-state index contributed by atoms with van der Waals surface area (Å²) in [4.78, 5) is 17.0. The quantitative estimate of drug-likeness (QED) is 0.826. The van der Waals surface area contributed by atoms with Crippen LogP contribution in [-0.2, 0) is 17.5 Å². The van der Waals surface area contributed by atoms with Gasteiger partial charge in [-0.15, -0.1) is 0 Å². The van der Waals surface area contributed by atoms with Gasteiger partial charge in [0, 0.05) is 10.6 Å². The molecule has 1 atom stereocenters. The Morgan fingerprint density at radius 1 is 1.33 bits per heavy atom. The predicted octanol–water partition coefficient (Wildman–Crippen LogP) is 3.65. The van der Waals surface area contributed by atoms with Crippen molar-refractivity contribution < 1.29 is 32.5 Å². The van der Waals surface area contributed by atoms with Crippen molar-refractivity contribution in [3.05, 3.63) is 52.7 Å². The van der Waals surface area contributed by atoms with E-state index >= 15 is 0 Å². The van der Waals surface area contributed by atoms with Gasteiger partial charge in [0.05, 0.1) is 24.9 Å². The average Bonchev–Trinajstić information content (AvgIpc) is 3.01. The normalized spacial score (nSPS) is 17.1. The number of alkyl halides is 3. The molecule has 6 nitrogen and oxygen atoms in total. The number of rotatable bonds is 5. The molecule has 1 aliphatic rings. The van der Waals surface area contributed by atoms with E-state index in [1.54, 1.807) is 0 Å². The number of carbonyl (C=O) groups excluding carboxylic acids is 1. The number of pyridine rings is 1. The maximum Gasteiger partial charge on any atom is 0.416 e. The zero-order valence-electron chi connectivity index (χ0n) is 13.7. The van der Waals surface area contributed by atoms with Crippen LogP contribution in [0.1, 0.15) is 11.1 Å². The molecule has 0 radical (unpaired) electrons. The number of cyclic esters (lactones) is 1. The number of aromatic nitrogens is 1. The Balaban J connectivity index is 1.71. The monoisotopic (exact) mass is 402 g/mol. The number of nitrogens with zero attached hydrogens (tertiary/aromatic N) is 2. The third-order valence-electron chi connectivity index (χ3n) is 3.88. The minimum absolute atomic E-state index is 0.0516. The van der Waals surface area contributed by atoms with Crippen LogP contribution in [0.15, 0.2) is 36.5 Å². The smallest absolute Gasteiger partial charge is 0.416 e. The van der Waals surface area contributed by atoms with Crippen molar-refractivity contribution in [2.45, 2.75) is 18.9 Å². The summed E-state index contributed by atoms with van der Waals surface area (Å²) in [5.74, 6) is 0.482. The first-order valence-electron chi connectivity index (χ1n) is 7.82. The van der Waals surface area contributed by atoms with E-state index in [-0.39, 0.29) is 35.3 Å². The molecular weight excluding hydrogens is 389 g/mol. The van der Waals surface area contributed by atoms with E-state index in [0.717, 1.165) is 6.07 Å². The Morgan fingerprint density at radius 3 is 2.70 bits per heavy atom. The fourth-order valence-corrected chi connectivity index (χ4v) is 2.78. The Hall–Kier alpha value is -2.52. The molecule has 2 aromatic rings. The van der Waals surface area contributed by atoms with E-state index in [0.29, 0.717) is 0 Å². The van der Waals surface area contributed by atoms with Crippen LogP contribution < -0.4 is 9.64 Å². The molecule has 1 N–H and O–H groups in total. The molecule has 0 aliphatic carbocycles. The standard InChI is InChI=1S/C17H14ClF3N2O4/c18-14-3-1-2-13(17(19,20)21)12(14)9-26-10-4-5-15(22-6-10)23-7-11(8-24)27-16(23)25/h1-6,11,24H,7-9H2/t11-/m1/s1. The summed E-state index contributed by atoms with van der Waals surface area (Å²) in [5.41, 5.74) is -1.04. The summed E-state index contributed by atoms with van der Waals surface area (Å²) in [6.07, 6.45) is -4.54. The van der Waals surface area contributed by atoms with E-state index in [2.05, 4.69) is 4.98 Å². The summed E-state index contributed by atoms with van der Waals surface area (Å²) >= 11 is 5.88. The summed E-state index contributed by atoms with van der Waals surface area (Å²) in [7, 11) is 0. The average molecular weight is 403 g/mol. The third kappa shape index (κ3) is 4.25. The minimum Gasteiger partial charge on any atom is -0.487 e. The van der Waals surface area contributed by atoms with Gasteiger partial charge in [0.15, 0.2) is 0 Å². The zero-order valence-corrected chi connectivity index (χ0v) is 14.5. The number of amides is 1. The molecule has 2 heterocycles. The molecule has 27 heavy (non-hydrogen) atoms. The van der Waals surface area contributed by atoms with Crippen molar-refractivity contribution >= 4 is 23.5 Å². The van der Waals surface area contributed by atoms with Crippen molar-refractivity contribution in [2.24, 2.45) is 0 Å². The Labute approximate surface area is 157 Å². The highest BCUT2D eigenvalue weighted by atomic mass is 35.5. The van der Waals surface area contributed by atoms with Gasteiger partial charge in [-0.25, -0.2) is 9.78 Å². The van der Waals surface area contributed by atoms with Crippen molar-refractivity contribution in [3.8, 4) is 5.75 Å². The van der Waals surface area contributed by atoms with Crippen molar-refractivity contribution in [1.29, 1.82) is 0 Å². The molecule has 0 unspecified atom stereocenters. The predicted molar refractivity (Wildman–Crippen MR) is 89.7 cm³/mol. The minimum atomic E-state index is -4.55. The number of hydrogen-bond acceptors (Lipinski definition) is 5. The van der Waals surface area contributed by atoms with Gasteiger partial charge in [0.1, 0.15) is 24.3 Å². The molecule has 10 heteroatoms. The van der Waals surface area contributed by atoms with Crippen molar-refractivity contribution in [2.75, 3.05) is 18.1 Å². The second-order valence-corrected chi connectivity index (χ2v) is 6.11. The van der Waals surface area contributed by atoms with E-state index in [9.17, 15) is 18.0 Å². The highest BCUT2D eigenvalue weighted by Gasteiger charge is 2.34. The Bertz CT molecular complexity index is 830. The van der Waals surface area contributed by atoms with Crippen molar-refractivity contribution in [3.63, 3.8) is 0 Å². The van der Waals surface area contributed by atoms with Crippen LogP contribution >= 0.6 is 11.6 Å². The fraction of sp³-hybridized carbons (Fsp3) is 0.294. The van der Waals surface area contributed by atoms with E-state index in [1.165, 1.54) is 35.4 Å². The second kappa shape index (κ2) is 7.61. The maximum absolute atomic E-state index is 13.1. The number of aliphatic hydroxyl groups excluding tert-OH is 1. The number of hydrogen-bond donors (Lipinski definition) is 1. The molecule has 1 aromatic carbocycles. The highest BCUT2D eigenvalue weighted by molar-refractivity contribution is 6.31. The van der Waals surface area contributed by atoms with E-state index < -0.39 is 30.5 Å². The van der Waals surface area contributed by atoms with Gasteiger partial charge in [-0.3, -0.25) is 4.90 Å². The molecule has 1 saturated heterocycles. The Kier molecular flexibility index (Phi) is 5.43. The van der Waals surface area contributed by atoms with Gasteiger partial charge < -0.3 is 14.6 Å². The van der Waals surface area contributed by atoms with Crippen LogP contribution in [0.2, 0.25) is 5.02 Å². The molecular formula is C17H14ClF3N2O4. The Morgan fingerprint density at radius 2 is 2.11 bits per heavy atom. The molecule has 1 fully saturated rings. The summed E-state index contributed by atoms with van der Waals surface area (Å²) in [6.45, 7) is -0.548. The molecule has 1 amide bonds. The molecule has 144 valence electrons. The first-order chi connectivity index (χ1) is 12.8. The van der Waals surface area contributed by atoms with Gasteiger partial charge in [0.25, 0.3) is 0 Å². The molecule has 0 spiro atoms. The largest absolute Gasteiger partial charge is 0.487 e. The van der Waals surface area contributed by atoms with Crippen LogP contribution in [0.3, 0.4) is 0 Å². The zero-order chi connectivity index (χ0) is 19.6. The number of ether oxygens (including phenoxy) is 2. The highest BCUT2D eigenvalue weighted by Crippen LogP contribution is 2.35. The molecule has 0 bridgehead atoms. The number of halogens is 4. The fourth-order valence-electron chi connectivity index (χ4n) is 2.55. The van der Waals surface area contributed by atoms with Gasteiger partial charge in [-0.2, -0.15) is 13.2 Å². The third-order valence-corrected chi connectivity index (χ3v) is 4.24. The van der Waals surface area contributed by atoms with E-state index in [4.69, 9.17) is 26.2 Å². The molecule has 1 aliphatic heterocycles. The van der Waals surface area contributed by atoms with Crippen molar-refractivity contribution in [1.82, 2.24) is 4.98 Å². The number of benzene rings is 1. The van der Waals surface area contributed by atoms with Gasteiger partial charge in [-0.05, 0) is 24.3 Å². The van der Waals surface area contributed by atoms with Crippen LogP contribution in [0.4, 0.5) is 23.8 Å². The second-order valence-electron chi connectivity index (χ2n) is 5.70. The summed E-state index contributed by atoms with van der Waals surface area (Å²) < 4.78 is 49.5. The number of carbonyl (C=O) groups is 1. The lowest BCUT2D eigenvalue weighted by molar-refractivity contribution is -0.138. The SMILES string of the molecule is O=C1O[C@@H](CO)CN1c1ccc(OCc2c(Cl)cccc2C(F)(F)F)cn1. The molecule has 3 rings (SSSR count). The van der Waals surface area contributed by atoms with Crippen LogP contribution in [0.25, 0.3) is 0 Å². The van der Waals surface area contributed by atoms with Gasteiger partial charge in [0.2, 0.25) is 0 Å². The van der Waals surface area contributed by atoms with E-state index in [1.807, 2.05) is 0 Å². The van der Waals surface area contributed by atoms with Gasteiger partial charge >= 0.3 is 12.3 Å². The van der Waals surface area contributed by atoms with Crippen LogP contribution in [-0.4, -0.2) is 35.4 Å². The summed E-state index contributed by atoms with van der Waals surface area (Å²) in [5, 5.41) is 8.99. The number of anilines is 1. The summed E-state index contributed by atoms with van der Waals surface area (Å²) in [6, 6.07) is 6.44. The first kappa shape index (κ1) is 19.2. The van der Waals surface area contributed by atoms with Crippen LogP contribution in [0.5, 0.6) is 5.75 Å². The lowest BCUT2D eigenvalue weighted by Crippen LogP contribution is -2.26. The topological polar surface area (TPSA) is 71.9 Å². The maximum atomic E-state index is 13.1. The lowest BCUT2D eigenvalue weighted by Gasteiger charge is -2.15. The van der Waals surface area contributed by atoms with Gasteiger partial charge in [-0.1, -0.05) is 17.7 Å². The first-order valence-corrected chi connectivity index (χ1v) is 8.20.